The number of nitrogens with one attached hydrogen (secondary N) is 3. The number of aliphatic hydroxyl groups is 1. The van der Waals surface area contributed by atoms with Crippen LogP contribution in [0.5, 0.6) is 5.75 Å². The number of likely N-dealkylation sites (N-methyl/N-ethyl adjacent to an activating group) is 1. The van der Waals surface area contributed by atoms with Crippen molar-refractivity contribution in [1.29, 1.82) is 0 Å². The number of aromatic nitrogens is 3. The summed E-state index contributed by atoms with van der Waals surface area (Å²) in [6.45, 7) is 10.1. The molecule has 1 atom stereocenters. The van der Waals surface area contributed by atoms with Crippen LogP contribution in [0.25, 0.3) is 0 Å². The number of hydrogen-bond donors (Lipinski definition) is 4. The number of halogens is 1. The van der Waals surface area contributed by atoms with Gasteiger partial charge in [0.1, 0.15) is 17.9 Å². The standard InChI is InChI=1S/C30H39FN8O3/c1-8-27(40)34-23-14-24(26(42-7)15-25(23)39-11-9-10-19(39)16-38(5)6)36-29-33-17-32-28(37-29)35-22-12-18(2)21(31)13-20(22)30(3,4)41/h8,12-15,17,19,41H,1,9-11,16H2,2-7H3,(H,34,40)(H2,32,33,35,36,37)/t19-/m1/s1. The van der Waals surface area contributed by atoms with E-state index in [1.807, 2.05) is 20.2 Å². The van der Waals surface area contributed by atoms with Gasteiger partial charge in [0.05, 0.1) is 29.8 Å². The quantitative estimate of drug-likeness (QED) is 0.238. The first-order valence-corrected chi connectivity index (χ1v) is 13.7. The van der Waals surface area contributed by atoms with Crippen LogP contribution in [0.2, 0.25) is 0 Å². The largest absolute Gasteiger partial charge is 0.494 e. The molecule has 3 aromatic rings. The monoisotopic (exact) mass is 578 g/mol. The molecule has 1 saturated heterocycles. The number of carbonyl (C=O) groups is 1. The number of ether oxygens (including phenoxy) is 1. The van der Waals surface area contributed by atoms with Crippen molar-refractivity contribution in [3.8, 4) is 5.75 Å². The van der Waals surface area contributed by atoms with E-state index in [-0.39, 0.29) is 23.8 Å². The van der Waals surface area contributed by atoms with E-state index in [9.17, 15) is 14.3 Å². The third-order valence-electron chi connectivity index (χ3n) is 7.05. The van der Waals surface area contributed by atoms with E-state index in [2.05, 4.69) is 47.3 Å². The zero-order chi connectivity index (χ0) is 30.6. The van der Waals surface area contributed by atoms with Crippen LogP contribution in [0.4, 0.5) is 39.0 Å². The molecule has 0 radical (unpaired) electrons. The fourth-order valence-corrected chi connectivity index (χ4v) is 5.07. The van der Waals surface area contributed by atoms with Gasteiger partial charge in [-0.05, 0) is 77.5 Å². The smallest absolute Gasteiger partial charge is 0.247 e. The number of benzene rings is 2. The van der Waals surface area contributed by atoms with Crippen LogP contribution >= 0.6 is 0 Å². The van der Waals surface area contributed by atoms with Gasteiger partial charge in [0.25, 0.3) is 0 Å². The van der Waals surface area contributed by atoms with E-state index in [0.29, 0.717) is 33.9 Å². The molecule has 4 N–H and O–H groups in total. The Morgan fingerprint density at radius 1 is 1.19 bits per heavy atom. The Morgan fingerprint density at radius 2 is 1.88 bits per heavy atom. The highest BCUT2D eigenvalue weighted by Gasteiger charge is 2.29. The number of anilines is 6. The van der Waals surface area contributed by atoms with Crippen LogP contribution in [-0.2, 0) is 10.4 Å². The molecule has 1 aromatic heterocycles. The predicted octanol–water partition coefficient (Wildman–Crippen LogP) is 4.70. The van der Waals surface area contributed by atoms with E-state index < -0.39 is 11.4 Å². The second-order valence-corrected chi connectivity index (χ2v) is 11.1. The molecule has 0 unspecified atom stereocenters. The van der Waals surface area contributed by atoms with Gasteiger partial charge in [-0.2, -0.15) is 4.98 Å². The number of nitrogens with zero attached hydrogens (tertiary/aromatic N) is 5. The fourth-order valence-electron chi connectivity index (χ4n) is 5.07. The molecule has 2 heterocycles. The Bertz CT molecular complexity index is 1460. The van der Waals surface area contributed by atoms with Gasteiger partial charge >= 0.3 is 0 Å². The molecule has 1 amide bonds. The molecule has 0 spiro atoms. The van der Waals surface area contributed by atoms with Crippen molar-refractivity contribution in [2.45, 2.75) is 45.3 Å². The number of hydrogen-bond acceptors (Lipinski definition) is 10. The maximum absolute atomic E-state index is 14.3. The summed E-state index contributed by atoms with van der Waals surface area (Å²) in [5.41, 5.74) is 1.88. The molecule has 2 aromatic carbocycles. The zero-order valence-corrected chi connectivity index (χ0v) is 25.0. The SMILES string of the molecule is C=CC(=O)Nc1cc(Nc2ncnc(Nc3cc(C)c(F)cc3C(C)(C)O)n2)c(OC)cc1N1CCC[C@@H]1CN(C)C. The summed E-state index contributed by atoms with van der Waals surface area (Å²) in [4.78, 5) is 29.8. The highest BCUT2D eigenvalue weighted by Crippen LogP contribution is 2.41. The lowest BCUT2D eigenvalue weighted by molar-refractivity contribution is -0.111. The number of rotatable bonds is 11. The summed E-state index contributed by atoms with van der Waals surface area (Å²) >= 11 is 0. The Balaban J connectivity index is 1.68. The first kappa shape index (κ1) is 30.7. The van der Waals surface area contributed by atoms with E-state index in [4.69, 9.17) is 4.74 Å². The first-order chi connectivity index (χ1) is 19.9. The molecular formula is C30H39FN8O3. The number of aryl methyl sites for hydroxylation is 1. The molecule has 224 valence electrons. The average Bonchev–Trinajstić information content (AvgIpc) is 3.37. The summed E-state index contributed by atoms with van der Waals surface area (Å²) in [5, 5.41) is 19.8. The van der Waals surface area contributed by atoms with E-state index >= 15 is 0 Å². The average molecular weight is 579 g/mol. The van der Waals surface area contributed by atoms with Gasteiger partial charge in [-0.25, -0.2) is 14.4 Å². The Labute approximate surface area is 245 Å². The molecule has 11 nitrogen and oxygen atoms in total. The second kappa shape index (κ2) is 12.7. The lowest BCUT2D eigenvalue weighted by atomic mass is 9.95. The molecule has 12 heteroatoms. The van der Waals surface area contributed by atoms with E-state index in [1.165, 1.54) is 18.5 Å². The number of carbonyl (C=O) groups excluding carboxylic acids is 1. The molecule has 0 saturated carbocycles. The van der Waals surface area contributed by atoms with Crippen LogP contribution in [0, 0.1) is 12.7 Å². The van der Waals surface area contributed by atoms with Crippen molar-refractivity contribution < 1.29 is 19.0 Å². The Morgan fingerprint density at radius 3 is 2.50 bits per heavy atom. The van der Waals surface area contributed by atoms with Gasteiger partial charge in [-0.3, -0.25) is 4.79 Å². The van der Waals surface area contributed by atoms with Gasteiger partial charge in [-0.1, -0.05) is 6.58 Å². The first-order valence-electron chi connectivity index (χ1n) is 13.7. The highest BCUT2D eigenvalue weighted by molar-refractivity contribution is 6.02. The normalized spacial score (nSPS) is 15.1. The van der Waals surface area contributed by atoms with Crippen molar-refractivity contribution in [3.63, 3.8) is 0 Å². The summed E-state index contributed by atoms with van der Waals surface area (Å²) in [7, 11) is 5.67. The van der Waals surface area contributed by atoms with Gasteiger partial charge < -0.3 is 35.6 Å². The summed E-state index contributed by atoms with van der Waals surface area (Å²) in [6.07, 6.45) is 4.64. The molecule has 1 aliphatic rings. The van der Waals surface area contributed by atoms with Crippen LogP contribution in [0.15, 0.2) is 43.2 Å². The second-order valence-electron chi connectivity index (χ2n) is 11.1. The summed E-state index contributed by atoms with van der Waals surface area (Å²) < 4.78 is 20.0. The van der Waals surface area contributed by atoms with Gasteiger partial charge in [0, 0.05) is 36.4 Å². The van der Waals surface area contributed by atoms with Crippen molar-refractivity contribution in [3.05, 3.63) is 60.2 Å². The lowest BCUT2D eigenvalue weighted by Gasteiger charge is -2.31. The van der Waals surface area contributed by atoms with Crippen molar-refractivity contribution in [2.24, 2.45) is 0 Å². The highest BCUT2D eigenvalue weighted by atomic mass is 19.1. The molecule has 0 bridgehead atoms. The fraction of sp³-hybridized carbons (Fsp3) is 0.400. The Hall–Kier alpha value is -4.29. The lowest BCUT2D eigenvalue weighted by Crippen LogP contribution is -2.38. The maximum Gasteiger partial charge on any atom is 0.247 e. The van der Waals surface area contributed by atoms with Crippen molar-refractivity contribution in [1.82, 2.24) is 19.9 Å². The Kier molecular flexibility index (Phi) is 9.27. The minimum absolute atomic E-state index is 0.184. The van der Waals surface area contributed by atoms with Gasteiger partial charge in [-0.15, -0.1) is 0 Å². The van der Waals surface area contributed by atoms with E-state index in [0.717, 1.165) is 31.6 Å². The third-order valence-corrected chi connectivity index (χ3v) is 7.05. The third kappa shape index (κ3) is 7.12. The van der Waals surface area contributed by atoms with Crippen molar-refractivity contribution >= 4 is 40.6 Å². The zero-order valence-electron chi connectivity index (χ0n) is 25.0. The maximum atomic E-state index is 14.3. The number of methoxy groups -OCH3 is 1. The minimum Gasteiger partial charge on any atom is -0.494 e. The van der Waals surface area contributed by atoms with Crippen LogP contribution in [-0.4, -0.2) is 71.2 Å². The molecule has 4 rings (SSSR count). The van der Waals surface area contributed by atoms with E-state index in [1.54, 1.807) is 40.0 Å². The summed E-state index contributed by atoms with van der Waals surface area (Å²) in [5.74, 6) is 0.163. The van der Waals surface area contributed by atoms with Crippen LogP contribution < -0.4 is 25.6 Å². The molecule has 0 aliphatic carbocycles. The topological polar surface area (TPSA) is 128 Å². The van der Waals surface area contributed by atoms with Crippen LogP contribution in [0.3, 0.4) is 0 Å². The van der Waals surface area contributed by atoms with Gasteiger partial charge in [0.15, 0.2) is 0 Å². The van der Waals surface area contributed by atoms with Gasteiger partial charge in [0.2, 0.25) is 17.8 Å². The predicted molar refractivity (Wildman–Crippen MR) is 164 cm³/mol. The molecule has 1 fully saturated rings. The number of amides is 1. The van der Waals surface area contributed by atoms with Crippen LogP contribution in [0.1, 0.15) is 37.8 Å². The molecule has 1 aliphatic heterocycles. The summed E-state index contributed by atoms with van der Waals surface area (Å²) in [6, 6.07) is 6.86. The molecular weight excluding hydrogens is 539 g/mol. The van der Waals surface area contributed by atoms with Crippen molar-refractivity contribution in [2.75, 3.05) is 55.1 Å². The minimum atomic E-state index is -1.31. The molecule has 42 heavy (non-hydrogen) atoms.